The van der Waals surface area contributed by atoms with Gasteiger partial charge in [-0.15, -0.1) is 10.2 Å². The van der Waals surface area contributed by atoms with Gasteiger partial charge in [-0.05, 0) is 42.5 Å². The van der Waals surface area contributed by atoms with Crippen LogP contribution in [0, 0.1) is 3.70 Å². The Balaban J connectivity index is 2.69. The second kappa shape index (κ2) is 3.21. The van der Waals surface area contributed by atoms with Crippen molar-refractivity contribution < 1.29 is 0 Å². The number of fused-ring (bicyclic) bond motifs is 1. The van der Waals surface area contributed by atoms with Crippen LogP contribution in [0.4, 0.5) is 0 Å². The lowest BCUT2D eigenvalue weighted by Crippen LogP contribution is -2.03. The van der Waals surface area contributed by atoms with Gasteiger partial charge in [-0.3, -0.25) is 0 Å². The molecule has 0 bridgehead atoms. The highest BCUT2D eigenvalue weighted by molar-refractivity contribution is 14.1. The van der Waals surface area contributed by atoms with Gasteiger partial charge in [0.25, 0.3) is 0 Å². The highest BCUT2D eigenvalue weighted by Crippen LogP contribution is 2.15. The minimum absolute atomic E-state index is 0.326. The molecule has 0 aliphatic heterocycles. The molecule has 0 saturated carbocycles. The van der Waals surface area contributed by atoms with E-state index in [1.165, 1.54) is 0 Å². The van der Waals surface area contributed by atoms with E-state index >= 15 is 0 Å². The monoisotopic (exact) mass is 288 g/mol. The fourth-order valence-electron chi connectivity index (χ4n) is 1.20. The molecule has 0 aromatic carbocycles. The summed E-state index contributed by atoms with van der Waals surface area (Å²) in [6.07, 6.45) is 1.83. The van der Waals surface area contributed by atoms with Gasteiger partial charge in [0.15, 0.2) is 5.65 Å². The van der Waals surface area contributed by atoms with E-state index in [1.54, 1.807) is 0 Å². The number of nitrogens with zero attached hydrogens (tertiary/aromatic N) is 4. The molecule has 4 nitrogen and oxygen atoms in total. The van der Waals surface area contributed by atoms with Gasteiger partial charge in [-0.2, -0.15) is 5.10 Å². The fourth-order valence-corrected chi connectivity index (χ4v) is 1.65. The zero-order valence-corrected chi connectivity index (χ0v) is 9.56. The molecule has 0 amide bonds. The summed E-state index contributed by atoms with van der Waals surface area (Å²) in [5.74, 6) is 0. The van der Waals surface area contributed by atoms with E-state index in [9.17, 15) is 0 Å². The van der Waals surface area contributed by atoms with Crippen LogP contribution in [0.25, 0.3) is 11.0 Å². The molecular weight excluding hydrogens is 279 g/mol. The smallest absolute Gasteiger partial charge is 0.180 e. The summed E-state index contributed by atoms with van der Waals surface area (Å²) >= 11 is 2.14. The van der Waals surface area contributed by atoms with Crippen LogP contribution in [0.15, 0.2) is 12.3 Å². The first-order valence-electron chi connectivity index (χ1n) is 4.05. The SMILES string of the molecule is CC(C)n1ncc2cc(I)nnc21. The van der Waals surface area contributed by atoms with Crippen LogP contribution < -0.4 is 0 Å². The molecule has 2 aromatic rings. The molecule has 13 heavy (non-hydrogen) atoms. The standard InChI is InChI=1S/C8H9IN4/c1-5(2)13-8-6(4-10-13)3-7(9)11-12-8/h3-5H,1-2H3. The van der Waals surface area contributed by atoms with Crippen molar-refractivity contribution >= 4 is 33.6 Å². The Morgan fingerprint density at radius 1 is 1.38 bits per heavy atom. The first-order chi connectivity index (χ1) is 6.18. The van der Waals surface area contributed by atoms with Gasteiger partial charge in [0, 0.05) is 11.4 Å². The average Bonchev–Trinajstić information content (AvgIpc) is 2.46. The predicted molar refractivity (Wildman–Crippen MR) is 58.4 cm³/mol. The third-order valence-electron chi connectivity index (χ3n) is 1.80. The molecule has 0 unspecified atom stereocenters. The molecule has 0 aliphatic carbocycles. The van der Waals surface area contributed by atoms with Gasteiger partial charge in [0.2, 0.25) is 0 Å². The molecule has 0 aliphatic rings. The summed E-state index contributed by atoms with van der Waals surface area (Å²) < 4.78 is 2.77. The number of aromatic nitrogens is 4. The molecule has 0 N–H and O–H groups in total. The number of hydrogen-bond donors (Lipinski definition) is 0. The van der Waals surface area contributed by atoms with Crippen LogP contribution in [0.1, 0.15) is 19.9 Å². The molecule has 0 fully saturated rings. The van der Waals surface area contributed by atoms with Gasteiger partial charge in [-0.1, -0.05) is 0 Å². The zero-order valence-electron chi connectivity index (χ0n) is 7.40. The molecule has 2 aromatic heterocycles. The summed E-state index contributed by atoms with van der Waals surface area (Å²) in [5.41, 5.74) is 0.857. The average molecular weight is 288 g/mol. The van der Waals surface area contributed by atoms with E-state index in [2.05, 4.69) is 51.7 Å². The Labute approximate surface area is 89.5 Å². The van der Waals surface area contributed by atoms with Crippen LogP contribution in [-0.2, 0) is 0 Å². The molecule has 0 saturated heterocycles. The largest absolute Gasteiger partial charge is 0.243 e. The summed E-state index contributed by atoms with van der Waals surface area (Å²) in [6, 6.07) is 2.31. The Kier molecular flexibility index (Phi) is 2.19. The summed E-state index contributed by atoms with van der Waals surface area (Å²) in [4.78, 5) is 0. The van der Waals surface area contributed by atoms with Crippen molar-refractivity contribution in [3.63, 3.8) is 0 Å². The first-order valence-corrected chi connectivity index (χ1v) is 5.13. The third-order valence-corrected chi connectivity index (χ3v) is 2.33. The van der Waals surface area contributed by atoms with Gasteiger partial charge >= 0.3 is 0 Å². The number of hydrogen-bond acceptors (Lipinski definition) is 3. The van der Waals surface area contributed by atoms with Crippen LogP contribution in [0.2, 0.25) is 0 Å². The number of halogens is 1. The maximum Gasteiger partial charge on any atom is 0.180 e. The topological polar surface area (TPSA) is 43.6 Å². The van der Waals surface area contributed by atoms with E-state index in [4.69, 9.17) is 0 Å². The maximum absolute atomic E-state index is 4.25. The van der Waals surface area contributed by atoms with Crippen molar-refractivity contribution in [1.82, 2.24) is 20.0 Å². The lowest BCUT2D eigenvalue weighted by Gasteiger charge is -2.04. The van der Waals surface area contributed by atoms with Crippen LogP contribution in [0.5, 0.6) is 0 Å². The van der Waals surface area contributed by atoms with E-state index in [0.717, 1.165) is 14.7 Å². The normalized spacial score (nSPS) is 11.4. The summed E-state index contributed by atoms with van der Waals surface area (Å²) in [5, 5.41) is 13.4. The van der Waals surface area contributed by atoms with Crippen molar-refractivity contribution in [3.05, 3.63) is 16.0 Å². The van der Waals surface area contributed by atoms with E-state index in [-0.39, 0.29) is 0 Å². The highest BCUT2D eigenvalue weighted by atomic mass is 127. The molecular formula is C8H9IN4. The minimum Gasteiger partial charge on any atom is -0.243 e. The first kappa shape index (κ1) is 8.86. The second-order valence-corrected chi connectivity index (χ2v) is 4.23. The van der Waals surface area contributed by atoms with Crippen molar-refractivity contribution in [2.24, 2.45) is 0 Å². The van der Waals surface area contributed by atoms with Gasteiger partial charge in [0.1, 0.15) is 3.70 Å². The van der Waals surface area contributed by atoms with Crippen LogP contribution in [-0.4, -0.2) is 20.0 Å². The third kappa shape index (κ3) is 1.52. The van der Waals surface area contributed by atoms with Gasteiger partial charge in [-0.25, -0.2) is 4.68 Å². The number of rotatable bonds is 1. The zero-order chi connectivity index (χ0) is 9.42. The lowest BCUT2D eigenvalue weighted by molar-refractivity contribution is 0.544. The molecule has 0 spiro atoms. The van der Waals surface area contributed by atoms with E-state index in [1.807, 2.05) is 16.9 Å². The molecule has 5 heteroatoms. The van der Waals surface area contributed by atoms with E-state index in [0.29, 0.717) is 6.04 Å². The van der Waals surface area contributed by atoms with Crippen molar-refractivity contribution in [3.8, 4) is 0 Å². The maximum atomic E-state index is 4.25. The molecule has 68 valence electrons. The fraction of sp³-hybridized carbons (Fsp3) is 0.375. The Morgan fingerprint density at radius 2 is 2.15 bits per heavy atom. The summed E-state index contributed by atoms with van der Waals surface area (Å²) in [7, 11) is 0. The second-order valence-electron chi connectivity index (χ2n) is 3.13. The Hall–Kier alpha value is -0.720. The van der Waals surface area contributed by atoms with Crippen molar-refractivity contribution in [2.75, 3.05) is 0 Å². The van der Waals surface area contributed by atoms with Crippen molar-refractivity contribution in [1.29, 1.82) is 0 Å². The molecule has 2 heterocycles. The Bertz CT molecular complexity index is 435. The highest BCUT2D eigenvalue weighted by Gasteiger charge is 2.07. The molecule has 0 atom stereocenters. The quantitative estimate of drug-likeness (QED) is 0.754. The van der Waals surface area contributed by atoms with Gasteiger partial charge in [0.05, 0.1) is 6.20 Å². The predicted octanol–water partition coefficient (Wildman–Crippen LogP) is 2.01. The Morgan fingerprint density at radius 3 is 2.85 bits per heavy atom. The minimum atomic E-state index is 0.326. The lowest BCUT2D eigenvalue weighted by atomic mass is 10.4. The van der Waals surface area contributed by atoms with Crippen LogP contribution >= 0.6 is 22.6 Å². The van der Waals surface area contributed by atoms with Gasteiger partial charge < -0.3 is 0 Å². The molecule has 2 rings (SSSR count). The molecule has 0 radical (unpaired) electrons. The van der Waals surface area contributed by atoms with Crippen molar-refractivity contribution in [2.45, 2.75) is 19.9 Å². The summed E-state index contributed by atoms with van der Waals surface area (Å²) in [6.45, 7) is 4.15. The van der Waals surface area contributed by atoms with E-state index < -0.39 is 0 Å². The van der Waals surface area contributed by atoms with Crippen LogP contribution in [0.3, 0.4) is 0 Å².